The average Bonchev–Trinajstić information content (AvgIpc) is 2.66. The van der Waals surface area contributed by atoms with Gasteiger partial charge in [-0.3, -0.25) is 0 Å². The molecule has 1 N–H and O–H groups in total. The third-order valence-corrected chi connectivity index (χ3v) is 3.67. The van der Waals surface area contributed by atoms with Gasteiger partial charge in [0.05, 0.1) is 27.9 Å². The van der Waals surface area contributed by atoms with Gasteiger partial charge in [-0.1, -0.05) is 12.1 Å². The fourth-order valence-electron chi connectivity index (χ4n) is 2.34. The van der Waals surface area contributed by atoms with E-state index in [1.165, 1.54) is 27.4 Å². The largest absolute Gasteiger partial charge is 0.508 e. The summed E-state index contributed by atoms with van der Waals surface area (Å²) in [5, 5.41) is 9.24. The summed E-state index contributed by atoms with van der Waals surface area (Å²) in [5.74, 6) is 1.26. The maximum atomic E-state index is 11.9. The Balaban J connectivity index is 1.95. The normalized spacial score (nSPS) is 10.6. The fraction of sp³-hybridized carbons (Fsp3) is 0.250. The molecule has 2 aromatic carbocycles. The molecule has 0 aromatic heterocycles. The Kier molecular flexibility index (Phi) is 6.91. The first-order chi connectivity index (χ1) is 12.6. The first-order valence-electron chi connectivity index (χ1n) is 8.00. The van der Waals surface area contributed by atoms with Gasteiger partial charge in [-0.15, -0.1) is 0 Å². The molecular weight excluding hydrogens is 336 g/mol. The molecule has 26 heavy (non-hydrogen) atoms. The van der Waals surface area contributed by atoms with Gasteiger partial charge >= 0.3 is 5.97 Å². The highest BCUT2D eigenvalue weighted by Gasteiger charge is 2.12. The van der Waals surface area contributed by atoms with Crippen LogP contribution in [0.15, 0.2) is 42.5 Å². The van der Waals surface area contributed by atoms with E-state index >= 15 is 0 Å². The second kappa shape index (κ2) is 9.36. The SMILES string of the molecule is COc1cc(C=CC(=O)OCCc2ccc(O)cc2)cc(OC)c1OC. The Hall–Kier alpha value is -3.15. The molecule has 2 rings (SSSR count). The number of rotatable bonds is 8. The van der Waals surface area contributed by atoms with Crippen molar-refractivity contribution in [2.75, 3.05) is 27.9 Å². The monoisotopic (exact) mass is 358 g/mol. The molecule has 0 saturated carbocycles. The van der Waals surface area contributed by atoms with Crippen LogP contribution in [0.1, 0.15) is 11.1 Å². The van der Waals surface area contributed by atoms with E-state index in [0.29, 0.717) is 23.7 Å². The van der Waals surface area contributed by atoms with E-state index in [0.717, 1.165) is 11.1 Å². The Bertz CT molecular complexity index is 739. The Labute approximate surface area is 152 Å². The molecule has 0 unspecified atom stereocenters. The van der Waals surface area contributed by atoms with Crippen LogP contribution in [0.4, 0.5) is 0 Å². The van der Waals surface area contributed by atoms with Crippen LogP contribution in [0.2, 0.25) is 0 Å². The lowest BCUT2D eigenvalue weighted by molar-refractivity contribution is -0.137. The van der Waals surface area contributed by atoms with Gasteiger partial charge in [-0.25, -0.2) is 4.79 Å². The van der Waals surface area contributed by atoms with E-state index in [9.17, 15) is 9.90 Å². The van der Waals surface area contributed by atoms with Crippen molar-refractivity contribution in [3.63, 3.8) is 0 Å². The average molecular weight is 358 g/mol. The number of methoxy groups -OCH3 is 3. The number of hydrogen-bond donors (Lipinski definition) is 1. The molecule has 0 aliphatic rings. The molecule has 0 fully saturated rings. The van der Waals surface area contributed by atoms with Crippen LogP contribution in [0.5, 0.6) is 23.0 Å². The number of ether oxygens (including phenoxy) is 4. The Morgan fingerprint density at radius 3 is 2.15 bits per heavy atom. The summed E-state index contributed by atoms with van der Waals surface area (Å²) in [6.07, 6.45) is 3.54. The summed E-state index contributed by atoms with van der Waals surface area (Å²) < 4.78 is 21.0. The van der Waals surface area contributed by atoms with Crippen molar-refractivity contribution in [1.29, 1.82) is 0 Å². The molecule has 138 valence electrons. The number of benzene rings is 2. The standard InChI is InChI=1S/C20H22O6/c1-23-17-12-15(13-18(24-2)20(17)25-3)6-9-19(22)26-11-10-14-4-7-16(21)8-5-14/h4-9,12-13,21H,10-11H2,1-3H3. The molecule has 0 aliphatic carbocycles. The van der Waals surface area contributed by atoms with Gasteiger partial charge < -0.3 is 24.1 Å². The van der Waals surface area contributed by atoms with E-state index in [1.54, 1.807) is 42.5 Å². The van der Waals surface area contributed by atoms with E-state index in [2.05, 4.69) is 0 Å². The van der Waals surface area contributed by atoms with Crippen LogP contribution >= 0.6 is 0 Å². The summed E-state index contributed by atoms with van der Waals surface area (Å²) in [6, 6.07) is 10.2. The van der Waals surface area contributed by atoms with Crippen molar-refractivity contribution in [2.24, 2.45) is 0 Å². The molecule has 2 aromatic rings. The summed E-state index contributed by atoms with van der Waals surface area (Å²) in [7, 11) is 4.59. The Morgan fingerprint density at radius 1 is 1.00 bits per heavy atom. The van der Waals surface area contributed by atoms with E-state index in [4.69, 9.17) is 18.9 Å². The van der Waals surface area contributed by atoms with Crippen molar-refractivity contribution in [3.8, 4) is 23.0 Å². The molecule has 6 heteroatoms. The van der Waals surface area contributed by atoms with Gasteiger partial charge in [-0.2, -0.15) is 0 Å². The lowest BCUT2D eigenvalue weighted by Gasteiger charge is -2.12. The van der Waals surface area contributed by atoms with Gasteiger partial charge in [0.2, 0.25) is 5.75 Å². The molecule has 6 nitrogen and oxygen atoms in total. The van der Waals surface area contributed by atoms with Crippen molar-refractivity contribution in [3.05, 3.63) is 53.6 Å². The second-order valence-corrected chi connectivity index (χ2v) is 5.38. The van der Waals surface area contributed by atoms with Gasteiger partial charge in [0.25, 0.3) is 0 Å². The van der Waals surface area contributed by atoms with Crippen LogP contribution in [-0.4, -0.2) is 39.0 Å². The molecule has 0 aliphatic heterocycles. The van der Waals surface area contributed by atoms with Crippen LogP contribution in [0.3, 0.4) is 0 Å². The smallest absolute Gasteiger partial charge is 0.330 e. The summed E-state index contributed by atoms with van der Waals surface area (Å²) >= 11 is 0. The van der Waals surface area contributed by atoms with Crippen LogP contribution in [-0.2, 0) is 16.0 Å². The van der Waals surface area contributed by atoms with Gasteiger partial charge in [-0.05, 0) is 41.5 Å². The highest BCUT2D eigenvalue weighted by Crippen LogP contribution is 2.38. The van der Waals surface area contributed by atoms with Crippen molar-refractivity contribution in [1.82, 2.24) is 0 Å². The lowest BCUT2D eigenvalue weighted by atomic mass is 10.1. The lowest BCUT2D eigenvalue weighted by Crippen LogP contribution is -2.04. The predicted octanol–water partition coefficient (Wildman–Crippen LogP) is 3.22. The third-order valence-electron chi connectivity index (χ3n) is 3.67. The number of carbonyl (C=O) groups excluding carboxylic acids is 1. The minimum atomic E-state index is -0.447. The maximum absolute atomic E-state index is 11.9. The topological polar surface area (TPSA) is 74.2 Å². The first kappa shape index (κ1) is 19.2. The molecule has 0 bridgehead atoms. The molecular formula is C20H22O6. The number of carbonyl (C=O) groups is 1. The minimum absolute atomic E-state index is 0.207. The molecule has 0 atom stereocenters. The quantitative estimate of drug-likeness (QED) is 0.577. The molecule has 0 radical (unpaired) electrons. The summed E-state index contributed by atoms with van der Waals surface area (Å²) in [4.78, 5) is 11.9. The molecule has 0 saturated heterocycles. The maximum Gasteiger partial charge on any atom is 0.330 e. The number of esters is 1. The number of aromatic hydroxyl groups is 1. The highest BCUT2D eigenvalue weighted by atomic mass is 16.5. The zero-order valence-electron chi connectivity index (χ0n) is 15.0. The van der Waals surface area contributed by atoms with Crippen LogP contribution in [0, 0.1) is 0 Å². The zero-order chi connectivity index (χ0) is 18.9. The van der Waals surface area contributed by atoms with Crippen molar-refractivity contribution < 1.29 is 28.8 Å². The minimum Gasteiger partial charge on any atom is -0.508 e. The van der Waals surface area contributed by atoms with Crippen LogP contribution < -0.4 is 14.2 Å². The molecule has 0 spiro atoms. The third kappa shape index (κ3) is 5.17. The second-order valence-electron chi connectivity index (χ2n) is 5.38. The van der Waals surface area contributed by atoms with Gasteiger partial charge in [0.15, 0.2) is 11.5 Å². The number of phenols is 1. The van der Waals surface area contributed by atoms with Crippen molar-refractivity contribution >= 4 is 12.0 Å². The summed E-state index contributed by atoms with van der Waals surface area (Å²) in [6.45, 7) is 0.253. The number of phenolic OH excluding ortho intramolecular Hbond substituents is 1. The zero-order valence-corrected chi connectivity index (χ0v) is 15.0. The summed E-state index contributed by atoms with van der Waals surface area (Å²) in [5.41, 5.74) is 1.69. The first-order valence-corrected chi connectivity index (χ1v) is 8.00. The fourth-order valence-corrected chi connectivity index (χ4v) is 2.34. The van der Waals surface area contributed by atoms with E-state index in [1.807, 2.05) is 0 Å². The molecule has 0 amide bonds. The van der Waals surface area contributed by atoms with Gasteiger partial charge in [0, 0.05) is 12.5 Å². The van der Waals surface area contributed by atoms with Gasteiger partial charge in [0.1, 0.15) is 5.75 Å². The van der Waals surface area contributed by atoms with E-state index < -0.39 is 5.97 Å². The van der Waals surface area contributed by atoms with Crippen molar-refractivity contribution in [2.45, 2.75) is 6.42 Å². The predicted molar refractivity (Wildman–Crippen MR) is 97.9 cm³/mol. The van der Waals surface area contributed by atoms with E-state index in [-0.39, 0.29) is 12.4 Å². The van der Waals surface area contributed by atoms with Crippen LogP contribution in [0.25, 0.3) is 6.08 Å². The molecule has 0 heterocycles. The number of hydrogen-bond acceptors (Lipinski definition) is 6. The highest BCUT2D eigenvalue weighted by molar-refractivity contribution is 5.87. The Morgan fingerprint density at radius 2 is 1.62 bits per heavy atom.